The first-order valence-electron chi connectivity index (χ1n) is 30.5. The number of unbranched alkanes of at least 4 members (excludes halogenated alkanes) is 36. The van der Waals surface area contributed by atoms with Gasteiger partial charge in [-0.1, -0.05) is 271 Å². The van der Waals surface area contributed by atoms with Crippen molar-refractivity contribution in [1.82, 2.24) is 0 Å². The van der Waals surface area contributed by atoms with Crippen LogP contribution >= 0.6 is 0 Å². The van der Waals surface area contributed by atoms with Gasteiger partial charge in [0.1, 0.15) is 11.3 Å². The van der Waals surface area contributed by atoms with Crippen LogP contribution in [-0.2, 0) is 18.9 Å². The summed E-state index contributed by atoms with van der Waals surface area (Å²) in [4.78, 5) is 55.9. The SMILES string of the molecule is CCCCCCCCCCCCOC(=O)c1cccc(-c2ccc(C(=O)OCCCCCCCCCCCC)c(C(=O)OCCCCCCCCCCCC)c2O)c1C(=O)OCCCCCCCCCCCC. The van der Waals surface area contributed by atoms with E-state index in [0.29, 0.717) is 25.7 Å². The maximum Gasteiger partial charge on any atom is 0.342 e. The summed E-state index contributed by atoms with van der Waals surface area (Å²) in [7, 11) is 0. The summed E-state index contributed by atoms with van der Waals surface area (Å²) in [6.45, 7) is 9.61. The zero-order valence-corrected chi connectivity index (χ0v) is 47.2. The molecule has 73 heavy (non-hydrogen) atoms. The van der Waals surface area contributed by atoms with Crippen LogP contribution in [0.2, 0.25) is 0 Å². The standard InChI is InChI=1S/C64H106O9/c1-5-9-13-17-21-25-29-33-37-41-50-70-61(66)56-47-45-46-54(58(56)63(68)72-52-43-39-35-31-27-23-19-15-11-7-3)55-48-49-57(62(67)71-51-42-38-34-30-26-22-18-14-10-6-2)59(60(55)65)64(69)73-53-44-40-36-32-28-24-20-16-12-8-4/h45-49,65H,5-44,50-53H2,1-4H3. The fraction of sp³-hybridized carbons (Fsp3) is 0.750. The highest BCUT2D eigenvalue weighted by molar-refractivity contribution is 6.11. The van der Waals surface area contributed by atoms with Crippen LogP contribution < -0.4 is 0 Å². The van der Waals surface area contributed by atoms with E-state index in [1.165, 1.54) is 166 Å². The number of phenolic OH excluding ortho intramolecular Hbond substituents is 1. The van der Waals surface area contributed by atoms with Crippen LogP contribution in [0.25, 0.3) is 11.1 Å². The van der Waals surface area contributed by atoms with Gasteiger partial charge in [0.05, 0.1) is 43.1 Å². The highest BCUT2D eigenvalue weighted by Gasteiger charge is 2.30. The van der Waals surface area contributed by atoms with E-state index in [2.05, 4.69) is 27.7 Å². The Bertz CT molecular complexity index is 1720. The van der Waals surface area contributed by atoms with Crippen molar-refractivity contribution in [3.8, 4) is 16.9 Å². The predicted octanol–water partition coefficient (Wildman–Crippen LogP) is 19.4. The molecular weight excluding hydrogens is 913 g/mol. The number of carbonyl (C=O) groups excluding carboxylic acids is 4. The third-order valence-corrected chi connectivity index (χ3v) is 14.3. The molecule has 0 aliphatic heterocycles. The molecule has 0 spiro atoms. The maximum atomic E-state index is 14.2. The van der Waals surface area contributed by atoms with Crippen LogP contribution in [0, 0.1) is 0 Å². The Morgan fingerprint density at radius 3 is 0.877 bits per heavy atom. The Hall–Kier alpha value is -3.88. The van der Waals surface area contributed by atoms with Gasteiger partial charge in [0.2, 0.25) is 0 Å². The lowest BCUT2D eigenvalue weighted by Gasteiger charge is -2.18. The first kappa shape index (κ1) is 65.2. The van der Waals surface area contributed by atoms with Crippen LogP contribution in [0.1, 0.15) is 326 Å². The summed E-state index contributed by atoms with van der Waals surface area (Å²) in [5.41, 5.74) is -0.198. The Kier molecular flexibility index (Phi) is 40.7. The molecule has 0 radical (unpaired) electrons. The normalized spacial score (nSPS) is 11.2. The fourth-order valence-corrected chi connectivity index (χ4v) is 9.67. The second-order valence-electron chi connectivity index (χ2n) is 20.9. The third-order valence-electron chi connectivity index (χ3n) is 14.3. The third kappa shape index (κ3) is 30.3. The number of hydrogen-bond acceptors (Lipinski definition) is 9. The Morgan fingerprint density at radius 2 is 0.562 bits per heavy atom. The second kappa shape index (κ2) is 45.5. The van der Waals surface area contributed by atoms with Gasteiger partial charge >= 0.3 is 23.9 Å². The average molecular weight is 1020 g/mol. The van der Waals surface area contributed by atoms with E-state index in [-0.39, 0.29) is 59.8 Å². The minimum Gasteiger partial charge on any atom is -0.506 e. The summed E-state index contributed by atoms with van der Waals surface area (Å²) in [5, 5.41) is 12.1. The van der Waals surface area contributed by atoms with Crippen molar-refractivity contribution < 1.29 is 43.2 Å². The van der Waals surface area contributed by atoms with Crippen molar-refractivity contribution in [3.63, 3.8) is 0 Å². The molecule has 0 aliphatic carbocycles. The molecule has 0 aromatic heterocycles. The molecule has 0 saturated heterocycles. The number of hydrogen-bond donors (Lipinski definition) is 1. The largest absolute Gasteiger partial charge is 0.506 e. The lowest BCUT2D eigenvalue weighted by Crippen LogP contribution is -2.18. The number of ether oxygens (including phenoxy) is 4. The summed E-state index contributed by atoms with van der Waals surface area (Å²) in [6.07, 6.45) is 45.5. The van der Waals surface area contributed by atoms with E-state index >= 15 is 0 Å². The van der Waals surface area contributed by atoms with Gasteiger partial charge in [-0.15, -0.1) is 0 Å². The van der Waals surface area contributed by atoms with Crippen LogP contribution in [0.3, 0.4) is 0 Å². The van der Waals surface area contributed by atoms with Crippen molar-refractivity contribution in [2.45, 2.75) is 285 Å². The fourth-order valence-electron chi connectivity index (χ4n) is 9.67. The summed E-state index contributed by atoms with van der Waals surface area (Å²) in [6, 6.07) is 7.73. The van der Waals surface area contributed by atoms with Gasteiger partial charge in [-0.2, -0.15) is 0 Å². The predicted molar refractivity (Wildman–Crippen MR) is 302 cm³/mol. The Labute approximate surface area is 445 Å². The first-order valence-corrected chi connectivity index (χ1v) is 30.5. The summed E-state index contributed by atoms with van der Waals surface area (Å²) < 4.78 is 23.2. The molecule has 0 aliphatic rings. The monoisotopic (exact) mass is 1020 g/mol. The number of carbonyl (C=O) groups is 4. The van der Waals surface area contributed by atoms with Gasteiger partial charge < -0.3 is 24.1 Å². The van der Waals surface area contributed by atoms with E-state index < -0.39 is 29.6 Å². The topological polar surface area (TPSA) is 125 Å². The van der Waals surface area contributed by atoms with Crippen molar-refractivity contribution in [2.24, 2.45) is 0 Å². The molecule has 0 atom stereocenters. The zero-order chi connectivity index (χ0) is 52.8. The molecule has 416 valence electrons. The van der Waals surface area contributed by atoms with E-state index in [9.17, 15) is 24.3 Å². The van der Waals surface area contributed by atoms with Crippen molar-refractivity contribution in [1.29, 1.82) is 0 Å². The number of aromatic hydroxyl groups is 1. The van der Waals surface area contributed by atoms with Gasteiger partial charge in [0.15, 0.2) is 0 Å². The average Bonchev–Trinajstić information content (AvgIpc) is 3.39. The van der Waals surface area contributed by atoms with E-state index in [1.807, 2.05) is 0 Å². The molecule has 0 amide bonds. The summed E-state index contributed by atoms with van der Waals surface area (Å²) in [5.74, 6) is -3.49. The highest BCUT2D eigenvalue weighted by atomic mass is 16.5. The van der Waals surface area contributed by atoms with Crippen molar-refractivity contribution >= 4 is 23.9 Å². The molecule has 1 N–H and O–H groups in total. The van der Waals surface area contributed by atoms with E-state index in [0.717, 1.165) is 77.0 Å². The molecule has 0 heterocycles. The number of rotatable bonds is 49. The van der Waals surface area contributed by atoms with Gasteiger partial charge in [-0.05, 0) is 43.9 Å². The number of benzene rings is 2. The van der Waals surface area contributed by atoms with Crippen LogP contribution in [-0.4, -0.2) is 55.4 Å². The lowest BCUT2D eigenvalue weighted by atomic mass is 9.91. The van der Waals surface area contributed by atoms with Gasteiger partial charge in [-0.3, -0.25) is 0 Å². The molecule has 2 aromatic carbocycles. The van der Waals surface area contributed by atoms with Gasteiger partial charge in [0, 0.05) is 11.1 Å². The molecule has 9 heteroatoms. The molecule has 0 bridgehead atoms. The van der Waals surface area contributed by atoms with E-state index in [1.54, 1.807) is 18.2 Å². The number of esters is 4. The molecule has 0 unspecified atom stereocenters. The molecule has 2 rings (SSSR count). The maximum absolute atomic E-state index is 14.2. The zero-order valence-electron chi connectivity index (χ0n) is 47.2. The van der Waals surface area contributed by atoms with Crippen LogP contribution in [0.4, 0.5) is 0 Å². The quantitative estimate of drug-likeness (QED) is 0.0392. The second-order valence-corrected chi connectivity index (χ2v) is 20.9. The lowest BCUT2D eigenvalue weighted by molar-refractivity contribution is 0.0447. The van der Waals surface area contributed by atoms with Crippen molar-refractivity contribution in [2.75, 3.05) is 26.4 Å². The molecule has 2 aromatic rings. The Balaban J connectivity index is 2.31. The number of phenols is 1. The molecule has 9 nitrogen and oxygen atoms in total. The van der Waals surface area contributed by atoms with Gasteiger partial charge in [-0.25, -0.2) is 19.2 Å². The Morgan fingerprint density at radius 1 is 0.301 bits per heavy atom. The molecule has 0 fully saturated rings. The molecule has 0 saturated carbocycles. The minimum absolute atomic E-state index is 0.0158. The van der Waals surface area contributed by atoms with Crippen molar-refractivity contribution in [3.05, 3.63) is 52.6 Å². The van der Waals surface area contributed by atoms with Crippen LogP contribution in [0.15, 0.2) is 30.3 Å². The van der Waals surface area contributed by atoms with E-state index in [4.69, 9.17) is 18.9 Å². The summed E-state index contributed by atoms with van der Waals surface area (Å²) >= 11 is 0. The minimum atomic E-state index is -0.849. The highest BCUT2D eigenvalue weighted by Crippen LogP contribution is 2.39. The molecular formula is C64H106O9. The van der Waals surface area contributed by atoms with Gasteiger partial charge in [0.25, 0.3) is 0 Å². The first-order chi connectivity index (χ1) is 35.8. The van der Waals surface area contributed by atoms with Crippen LogP contribution in [0.5, 0.6) is 5.75 Å². The smallest absolute Gasteiger partial charge is 0.342 e.